The molecule has 0 heterocycles. The van der Waals surface area contributed by atoms with E-state index in [4.69, 9.17) is 4.74 Å². The van der Waals surface area contributed by atoms with Crippen molar-refractivity contribution in [2.24, 2.45) is 0 Å². The van der Waals surface area contributed by atoms with Crippen LogP contribution in [0.1, 0.15) is 38.8 Å². The highest BCUT2D eigenvalue weighted by molar-refractivity contribution is 6.08. The smallest absolute Gasteiger partial charge is 0.339 e. The van der Waals surface area contributed by atoms with Gasteiger partial charge in [0, 0.05) is 5.56 Å². The van der Waals surface area contributed by atoms with Crippen molar-refractivity contribution in [1.82, 2.24) is 0 Å². The Morgan fingerprint density at radius 2 is 1.64 bits per heavy atom. The number of carbonyl (C=O) groups is 3. The molecule has 4 rings (SSSR count). The number of hydrogen-bond donors (Lipinski definition) is 1. The topological polar surface area (TPSA) is 72.5 Å². The molecule has 0 saturated heterocycles. The van der Waals surface area contributed by atoms with E-state index in [9.17, 15) is 14.4 Å². The Kier molecular flexibility index (Phi) is 4.65. The van der Waals surface area contributed by atoms with Gasteiger partial charge in [-0.3, -0.25) is 9.59 Å². The van der Waals surface area contributed by atoms with Crippen molar-refractivity contribution in [1.29, 1.82) is 0 Å². The van der Waals surface area contributed by atoms with Gasteiger partial charge in [-0.2, -0.15) is 0 Å². The van der Waals surface area contributed by atoms with Crippen molar-refractivity contribution in [3.05, 3.63) is 76.9 Å². The molecule has 3 aromatic rings. The molecule has 0 atom stereocenters. The molecule has 1 amide bonds. The van der Waals surface area contributed by atoms with Gasteiger partial charge in [0.15, 0.2) is 12.4 Å². The zero-order valence-electron chi connectivity index (χ0n) is 15.5. The second kappa shape index (κ2) is 7.27. The number of ether oxygens (including phenoxy) is 1. The molecular formula is C23H19NO4. The first-order valence-electron chi connectivity index (χ1n) is 9.15. The number of anilines is 1. The van der Waals surface area contributed by atoms with Crippen LogP contribution in [0.4, 0.5) is 5.69 Å². The van der Waals surface area contributed by atoms with Crippen LogP contribution in [0.2, 0.25) is 0 Å². The minimum atomic E-state index is -0.536. The van der Waals surface area contributed by atoms with Gasteiger partial charge in [-0.25, -0.2) is 4.79 Å². The second-order valence-corrected chi connectivity index (χ2v) is 6.84. The summed E-state index contributed by atoms with van der Waals surface area (Å²) in [4.78, 5) is 36.4. The Morgan fingerprint density at radius 1 is 0.893 bits per heavy atom. The quantitative estimate of drug-likeness (QED) is 0.543. The van der Waals surface area contributed by atoms with Crippen molar-refractivity contribution in [2.45, 2.75) is 19.8 Å². The Balaban J connectivity index is 1.48. The molecule has 5 heteroatoms. The number of rotatable bonds is 5. The largest absolute Gasteiger partial charge is 0.452 e. The minimum absolute atomic E-state index is 0.152. The van der Waals surface area contributed by atoms with Gasteiger partial charge >= 0.3 is 5.97 Å². The summed E-state index contributed by atoms with van der Waals surface area (Å²) in [6.07, 6.45) is 1.95. The molecule has 5 nitrogen and oxygen atoms in total. The fraction of sp³-hybridized carbons (Fsp3) is 0.174. The highest BCUT2D eigenvalue weighted by Gasteiger charge is 2.20. The second-order valence-electron chi connectivity index (χ2n) is 6.84. The zero-order chi connectivity index (χ0) is 19.7. The first-order valence-corrected chi connectivity index (χ1v) is 9.15. The van der Waals surface area contributed by atoms with Gasteiger partial charge in [0.1, 0.15) is 0 Å². The van der Waals surface area contributed by atoms with E-state index in [1.54, 1.807) is 30.3 Å². The van der Waals surface area contributed by atoms with Crippen molar-refractivity contribution >= 4 is 34.1 Å². The van der Waals surface area contributed by atoms with Crippen molar-refractivity contribution in [3.63, 3.8) is 0 Å². The van der Waals surface area contributed by atoms with E-state index in [0.29, 0.717) is 16.8 Å². The van der Waals surface area contributed by atoms with Crippen molar-refractivity contribution in [2.75, 3.05) is 11.9 Å². The molecule has 0 aromatic heterocycles. The lowest BCUT2D eigenvalue weighted by molar-refractivity contribution is -0.119. The third-order valence-corrected chi connectivity index (χ3v) is 5.01. The van der Waals surface area contributed by atoms with E-state index < -0.39 is 18.5 Å². The molecule has 1 aliphatic carbocycles. The van der Waals surface area contributed by atoms with Gasteiger partial charge in [0.05, 0.1) is 11.3 Å². The third kappa shape index (κ3) is 3.27. The summed E-state index contributed by atoms with van der Waals surface area (Å²) in [7, 11) is 0. The molecule has 0 aliphatic heterocycles. The zero-order valence-corrected chi connectivity index (χ0v) is 15.5. The number of nitrogens with one attached hydrogen (secondary N) is 1. The molecule has 1 aliphatic rings. The van der Waals surface area contributed by atoms with E-state index >= 15 is 0 Å². The predicted octanol–water partition coefficient (Wildman–Crippen LogP) is 3.94. The molecule has 0 bridgehead atoms. The molecule has 140 valence electrons. The fourth-order valence-electron chi connectivity index (χ4n) is 3.72. The summed E-state index contributed by atoms with van der Waals surface area (Å²) >= 11 is 0. The number of ketones is 1. The highest BCUT2D eigenvalue weighted by atomic mass is 16.5. The maximum atomic E-state index is 12.6. The number of amides is 1. The number of esters is 1. The van der Waals surface area contributed by atoms with Crippen LogP contribution in [0, 0.1) is 0 Å². The molecule has 28 heavy (non-hydrogen) atoms. The van der Waals surface area contributed by atoms with Gasteiger partial charge in [0.2, 0.25) is 0 Å². The fourth-order valence-corrected chi connectivity index (χ4v) is 3.72. The first-order chi connectivity index (χ1) is 13.5. The van der Waals surface area contributed by atoms with E-state index in [2.05, 4.69) is 11.4 Å². The highest BCUT2D eigenvalue weighted by Crippen LogP contribution is 2.33. The van der Waals surface area contributed by atoms with Crippen LogP contribution in [0.3, 0.4) is 0 Å². The van der Waals surface area contributed by atoms with E-state index in [1.807, 2.05) is 18.2 Å². The van der Waals surface area contributed by atoms with Crippen LogP contribution < -0.4 is 5.32 Å². The van der Waals surface area contributed by atoms with Crippen LogP contribution >= 0.6 is 0 Å². The molecule has 0 spiro atoms. The predicted molar refractivity (Wildman–Crippen MR) is 107 cm³/mol. The van der Waals surface area contributed by atoms with E-state index in [1.165, 1.54) is 18.1 Å². The molecule has 0 saturated carbocycles. The van der Waals surface area contributed by atoms with Crippen LogP contribution in [0.15, 0.2) is 54.6 Å². The Morgan fingerprint density at radius 3 is 2.43 bits per heavy atom. The van der Waals surface area contributed by atoms with Gasteiger partial charge in [-0.05, 0) is 59.9 Å². The number of aryl methyl sites for hydroxylation is 2. The normalized spacial score (nSPS) is 12.0. The SMILES string of the molecule is CC(=O)c1ccccc1NC(=O)COC(=O)c1ccc2c3c(cccc13)CC2. The number of benzene rings is 3. The lowest BCUT2D eigenvalue weighted by Gasteiger charge is -2.11. The number of Topliss-reactive ketones (excluding diaryl/α,β-unsaturated/α-hetero) is 1. The van der Waals surface area contributed by atoms with Crippen molar-refractivity contribution in [3.8, 4) is 0 Å². The first kappa shape index (κ1) is 17.9. The van der Waals surface area contributed by atoms with Crippen LogP contribution in [0.5, 0.6) is 0 Å². The number of carbonyl (C=O) groups excluding carboxylic acids is 3. The number of hydrogen-bond acceptors (Lipinski definition) is 4. The van der Waals surface area contributed by atoms with Crippen LogP contribution in [-0.4, -0.2) is 24.3 Å². The lowest BCUT2D eigenvalue weighted by Crippen LogP contribution is -2.22. The Hall–Kier alpha value is -3.47. The van der Waals surface area contributed by atoms with Crippen LogP contribution in [-0.2, 0) is 22.4 Å². The average molecular weight is 373 g/mol. The molecular weight excluding hydrogens is 354 g/mol. The maximum absolute atomic E-state index is 12.6. The minimum Gasteiger partial charge on any atom is -0.452 e. The summed E-state index contributed by atoms with van der Waals surface area (Å²) in [5.74, 6) is -1.18. The van der Waals surface area contributed by atoms with E-state index in [-0.39, 0.29) is 5.78 Å². The molecule has 0 radical (unpaired) electrons. The van der Waals surface area contributed by atoms with Crippen LogP contribution in [0.25, 0.3) is 10.8 Å². The standard InChI is InChI=1S/C23H19NO4/c1-14(25)17-6-2-3-8-20(17)24-21(26)13-28-23(27)19-12-11-16-10-9-15-5-4-7-18(19)22(15)16/h2-8,11-12H,9-10,13H2,1H3,(H,24,26). The maximum Gasteiger partial charge on any atom is 0.339 e. The van der Waals surface area contributed by atoms with Gasteiger partial charge in [0.25, 0.3) is 5.91 Å². The molecule has 0 unspecified atom stereocenters. The summed E-state index contributed by atoms with van der Waals surface area (Å²) in [5, 5.41) is 4.61. The number of para-hydroxylation sites is 1. The monoisotopic (exact) mass is 373 g/mol. The van der Waals surface area contributed by atoms with E-state index in [0.717, 1.165) is 23.6 Å². The van der Waals surface area contributed by atoms with Gasteiger partial charge in [-0.1, -0.05) is 36.4 Å². The summed E-state index contributed by atoms with van der Waals surface area (Å²) in [5.41, 5.74) is 3.75. The van der Waals surface area contributed by atoms with Gasteiger partial charge in [-0.15, -0.1) is 0 Å². The molecule has 0 fully saturated rings. The lowest BCUT2D eigenvalue weighted by atomic mass is 10.00. The Bertz CT molecular complexity index is 1110. The summed E-state index contributed by atoms with van der Waals surface area (Å²) in [6, 6.07) is 16.4. The molecule has 3 aromatic carbocycles. The summed E-state index contributed by atoms with van der Waals surface area (Å²) in [6.45, 7) is 1.01. The Labute approximate surface area is 162 Å². The molecule has 1 N–H and O–H groups in total. The van der Waals surface area contributed by atoms with Crippen molar-refractivity contribution < 1.29 is 19.1 Å². The average Bonchev–Trinajstić information content (AvgIpc) is 3.12. The third-order valence-electron chi connectivity index (χ3n) is 5.01. The van der Waals surface area contributed by atoms with Gasteiger partial charge < -0.3 is 10.1 Å². The summed E-state index contributed by atoms with van der Waals surface area (Å²) < 4.78 is 5.23.